The maximum absolute atomic E-state index is 12.0. The van der Waals surface area contributed by atoms with Gasteiger partial charge in [0.2, 0.25) is 0 Å². The van der Waals surface area contributed by atoms with Gasteiger partial charge in [-0.1, -0.05) is 33.3 Å². The van der Waals surface area contributed by atoms with Crippen LogP contribution in [0.2, 0.25) is 0 Å². The Hall–Kier alpha value is -0.710. The zero-order valence-electron chi connectivity index (χ0n) is 20.2. The molecular weight excluding hydrogens is 388 g/mol. The van der Waals surface area contributed by atoms with Gasteiger partial charge >= 0.3 is 0 Å². The topological polar surface area (TPSA) is 77.8 Å². The lowest BCUT2D eigenvalue weighted by Gasteiger charge is -2.59. The second kappa shape index (κ2) is 7.95. The highest BCUT2D eigenvalue weighted by Gasteiger charge is 2.65. The minimum absolute atomic E-state index is 0.112. The Morgan fingerprint density at radius 1 is 1.13 bits per heavy atom. The van der Waals surface area contributed by atoms with Crippen molar-refractivity contribution in [2.45, 2.75) is 110 Å². The lowest BCUT2D eigenvalue weighted by Crippen LogP contribution is -2.57. The van der Waals surface area contributed by atoms with Crippen LogP contribution >= 0.6 is 0 Å². The van der Waals surface area contributed by atoms with Crippen LogP contribution < -0.4 is 0 Å². The fourth-order valence-corrected chi connectivity index (χ4v) is 8.62. The SMILES string of the molecule is CC(C)CC[C@@H](O)[C@](C)(O)[C@H]1[C@@H](O)C[C@H]2[C@@H]3CCC4=CC(=O)CC[C@]4(C)[C@H]3CC[C@]12C. The van der Waals surface area contributed by atoms with E-state index in [2.05, 4.69) is 27.7 Å². The van der Waals surface area contributed by atoms with Gasteiger partial charge in [-0.15, -0.1) is 0 Å². The molecule has 0 amide bonds. The number of carbonyl (C=O) groups excluding carboxylic acids is 1. The van der Waals surface area contributed by atoms with Crippen LogP contribution in [-0.2, 0) is 4.79 Å². The van der Waals surface area contributed by atoms with Crippen molar-refractivity contribution >= 4 is 5.78 Å². The van der Waals surface area contributed by atoms with Gasteiger partial charge in [0.1, 0.15) is 0 Å². The molecule has 4 aliphatic rings. The highest BCUT2D eigenvalue weighted by Crippen LogP contribution is 2.68. The zero-order valence-corrected chi connectivity index (χ0v) is 20.2. The number of hydrogen-bond acceptors (Lipinski definition) is 4. The summed E-state index contributed by atoms with van der Waals surface area (Å²) in [6.07, 6.45) is 8.47. The molecule has 9 atom stereocenters. The molecule has 0 aromatic rings. The Bertz CT molecular complexity index is 740. The van der Waals surface area contributed by atoms with E-state index in [1.807, 2.05) is 6.08 Å². The Morgan fingerprint density at radius 3 is 2.52 bits per heavy atom. The van der Waals surface area contributed by atoms with Crippen LogP contribution in [0.25, 0.3) is 0 Å². The van der Waals surface area contributed by atoms with Gasteiger partial charge in [-0.2, -0.15) is 0 Å². The molecule has 3 fully saturated rings. The number of rotatable bonds is 5. The molecule has 0 unspecified atom stereocenters. The summed E-state index contributed by atoms with van der Waals surface area (Å²) >= 11 is 0. The van der Waals surface area contributed by atoms with E-state index in [1.54, 1.807) is 6.92 Å². The summed E-state index contributed by atoms with van der Waals surface area (Å²) in [6.45, 7) is 10.7. The number of allylic oxidation sites excluding steroid dienone is 1. The van der Waals surface area contributed by atoms with Crippen molar-refractivity contribution in [1.29, 1.82) is 0 Å². The molecule has 3 saturated carbocycles. The first-order chi connectivity index (χ1) is 14.4. The number of carbonyl (C=O) groups is 1. The van der Waals surface area contributed by atoms with Crippen molar-refractivity contribution < 1.29 is 20.1 Å². The van der Waals surface area contributed by atoms with Gasteiger partial charge in [0.05, 0.1) is 17.8 Å². The molecule has 0 spiro atoms. The van der Waals surface area contributed by atoms with Gasteiger partial charge in [0.15, 0.2) is 5.78 Å². The zero-order chi connectivity index (χ0) is 22.8. The van der Waals surface area contributed by atoms with Crippen molar-refractivity contribution in [3.63, 3.8) is 0 Å². The fourth-order valence-electron chi connectivity index (χ4n) is 8.62. The number of fused-ring (bicyclic) bond motifs is 5. The molecule has 4 heteroatoms. The predicted octanol–water partition coefficient (Wildman–Crippen LogP) is 4.65. The van der Waals surface area contributed by atoms with Crippen LogP contribution in [0.3, 0.4) is 0 Å². The molecule has 31 heavy (non-hydrogen) atoms. The summed E-state index contributed by atoms with van der Waals surface area (Å²) in [4.78, 5) is 12.0. The number of hydrogen-bond donors (Lipinski definition) is 3. The third kappa shape index (κ3) is 3.65. The van der Waals surface area contributed by atoms with Gasteiger partial charge in [-0.25, -0.2) is 0 Å². The summed E-state index contributed by atoms with van der Waals surface area (Å²) < 4.78 is 0. The largest absolute Gasteiger partial charge is 0.393 e. The molecule has 0 bridgehead atoms. The van der Waals surface area contributed by atoms with E-state index in [9.17, 15) is 20.1 Å². The monoisotopic (exact) mass is 432 g/mol. The van der Waals surface area contributed by atoms with Crippen LogP contribution in [-0.4, -0.2) is 38.9 Å². The minimum Gasteiger partial charge on any atom is -0.393 e. The van der Waals surface area contributed by atoms with Gasteiger partial charge < -0.3 is 15.3 Å². The van der Waals surface area contributed by atoms with Gasteiger partial charge in [-0.3, -0.25) is 4.79 Å². The maximum Gasteiger partial charge on any atom is 0.155 e. The van der Waals surface area contributed by atoms with Crippen molar-refractivity contribution in [3.05, 3.63) is 11.6 Å². The maximum atomic E-state index is 12.0. The van der Waals surface area contributed by atoms with Crippen LogP contribution in [0.1, 0.15) is 92.4 Å². The Labute approximate surface area is 188 Å². The van der Waals surface area contributed by atoms with Crippen LogP contribution in [0.15, 0.2) is 11.6 Å². The van der Waals surface area contributed by atoms with E-state index in [4.69, 9.17) is 0 Å². The standard InChI is InChI=1S/C27H44O4/c1-16(2)6-9-23(30)27(5,31)24-22(29)15-21-19-8-7-17-14-18(28)10-12-25(17,3)20(19)11-13-26(21,24)4/h14,16,19-24,29-31H,6-13,15H2,1-5H3/t19-,20+,21+,22+,23-,24+,25+,26+,27+/m1/s1. The molecular formula is C27H44O4. The van der Waals surface area contributed by atoms with Crippen LogP contribution in [0, 0.1) is 40.4 Å². The third-order valence-corrected chi connectivity index (χ3v) is 10.3. The Balaban J connectivity index is 1.60. The molecule has 176 valence electrons. The fraction of sp³-hybridized carbons (Fsp3) is 0.889. The van der Waals surface area contributed by atoms with E-state index < -0.39 is 17.8 Å². The molecule has 4 rings (SSSR count). The first-order valence-electron chi connectivity index (χ1n) is 12.7. The molecule has 4 aliphatic carbocycles. The van der Waals surface area contributed by atoms with Gasteiger partial charge in [0.25, 0.3) is 0 Å². The van der Waals surface area contributed by atoms with Gasteiger partial charge in [0, 0.05) is 12.3 Å². The highest BCUT2D eigenvalue weighted by atomic mass is 16.3. The quantitative estimate of drug-likeness (QED) is 0.591. The Morgan fingerprint density at radius 2 is 1.84 bits per heavy atom. The number of aliphatic hydroxyl groups is 3. The predicted molar refractivity (Wildman–Crippen MR) is 122 cm³/mol. The van der Waals surface area contributed by atoms with E-state index in [0.717, 1.165) is 44.9 Å². The lowest BCUT2D eigenvalue weighted by molar-refractivity contribution is -0.169. The van der Waals surface area contributed by atoms with Crippen molar-refractivity contribution in [2.24, 2.45) is 40.4 Å². The highest BCUT2D eigenvalue weighted by molar-refractivity contribution is 5.91. The van der Waals surface area contributed by atoms with E-state index >= 15 is 0 Å². The minimum atomic E-state index is -1.29. The third-order valence-electron chi connectivity index (χ3n) is 10.3. The Kier molecular flexibility index (Phi) is 6.02. The van der Waals surface area contributed by atoms with Crippen molar-refractivity contribution in [3.8, 4) is 0 Å². The average molecular weight is 433 g/mol. The molecule has 0 aliphatic heterocycles. The molecule has 0 radical (unpaired) electrons. The smallest absolute Gasteiger partial charge is 0.155 e. The van der Waals surface area contributed by atoms with E-state index in [1.165, 1.54) is 5.57 Å². The molecule has 3 N–H and O–H groups in total. The first kappa shape index (κ1) is 23.4. The normalized spacial score (nSPS) is 45.4. The van der Waals surface area contributed by atoms with E-state index in [-0.39, 0.29) is 22.5 Å². The second-order valence-corrected chi connectivity index (χ2v) is 12.5. The van der Waals surface area contributed by atoms with Crippen molar-refractivity contribution in [1.82, 2.24) is 0 Å². The summed E-state index contributed by atoms with van der Waals surface area (Å²) in [5, 5.41) is 33.8. The van der Waals surface area contributed by atoms with Gasteiger partial charge in [-0.05, 0) is 98.9 Å². The molecule has 0 aromatic heterocycles. The molecule has 4 nitrogen and oxygen atoms in total. The van der Waals surface area contributed by atoms with Crippen LogP contribution in [0.5, 0.6) is 0 Å². The number of aliphatic hydroxyl groups excluding tert-OH is 2. The summed E-state index contributed by atoms with van der Waals surface area (Å²) in [5.41, 5.74) is 0.0246. The second-order valence-electron chi connectivity index (χ2n) is 12.5. The lowest BCUT2D eigenvalue weighted by atomic mass is 9.46. The summed E-state index contributed by atoms with van der Waals surface area (Å²) in [7, 11) is 0. The number of ketones is 1. The van der Waals surface area contributed by atoms with Crippen molar-refractivity contribution in [2.75, 3.05) is 0 Å². The van der Waals surface area contributed by atoms with Crippen LogP contribution in [0.4, 0.5) is 0 Å². The van der Waals surface area contributed by atoms with E-state index in [0.29, 0.717) is 36.5 Å². The first-order valence-corrected chi connectivity index (χ1v) is 12.7. The molecule has 0 saturated heterocycles. The molecule has 0 aromatic carbocycles. The average Bonchev–Trinajstić information content (AvgIpc) is 2.97. The summed E-state index contributed by atoms with van der Waals surface area (Å²) in [6, 6.07) is 0. The summed E-state index contributed by atoms with van der Waals surface area (Å²) in [5.74, 6) is 1.91. The molecule has 0 heterocycles.